The van der Waals surface area contributed by atoms with Gasteiger partial charge in [-0.25, -0.2) is 4.79 Å². The van der Waals surface area contributed by atoms with Gasteiger partial charge in [0.15, 0.2) is 0 Å². The van der Waals surface area contributed by atoms with Crippen molar-refractivity contribution in [2.45, 2.75) is 65.1 Å². The number of nitrogens with zero attached hydrogens (tertiary/aromatic N) is 1. The van der Waals surface area contributed by atoms with Crippen LogP contribution >= 0.6 is 0 Å². The molecule has 0 saturated carbocycles. The molecule has 0 fully saturated rings. The van der Waals surface area contributed by atoms with Gasteiger partial charge in [-0.05, 0) is 39.0 Å². The van der Waals surface area contributed by atoms with Gasteiger partial charge >= 0.3 is 5.97 Å². The highest BCUT2D eigenvalue weighted by Gasteiger charge is 2.34. The topological polar surface area (TPSA) is 29.5 Å². The quantitative estimate of drug-likeness (QED) is 0.726. The summed E-state index contributed by atoms with van der Waals surface area (Å²) in [7, 11) is -3.08. The van der Waals surface area contributed by atoms with Gasteiger partial charge < -0.3 is 8.99 Å². The summed E-state index contributed by atoms with van der Waals surface area (Å²) < 4.78 is 8.20. The van der Waals surface area contributed by atoms with E-state index in [4.69, 9.17) is 4.43 Å². The molecule has 0 aromatic carbocycles. The fourth-order valence-electron chi connectivity index (χ4n) is 2.73. The first-order valence-electron chi connectivity index (χ1n) is 7.23. The molecule has 1 rings (SSSR count). The Morgan fingerprint density at radius 3 is 2.32 bits per heavy atom. The van der Waals surface area contributed by atoms with Crippen molar-refractivity contribution >= 4 is 22.5 Å². The number of carbonyl (C=O) groups is 1. The highest BCUT2D eigenvalue weighted by Crippen LogP contribution is 2.28. The van der Waals surface area contributed by atoms with Gasteiger partial charge in [-0.2, -0.15) is 0 Å². The average Bonchev–Trinajstić information content (AvgIpc) is 2.62. The van der Waals surface area contributed by atoms with Crippen LogP contribution < -0.4 is 0 Å². The number of hydrogen-bond acceptors (Lipinski definition) is 3. The molecule has 0 aromatic rings. The Kier molecular flexibility index (Phi) is 5.20. The normalized spacial score (nSPS) is 20.6. The van der Waals surface area contributed by atoms with E-state index >= 15 is 0 Å². The van der Waals surface area contributed by atoms with Crippen LogP contribution in [0.5, 0.6) is 0 Å². The first-order valence-corrected chi connectivity index (χ1v) is 14.1. The lowest BCUT2D eigenvalue weighted by atomic mass is 10.2. The molecule has 0 bridgehead atoms. The van der Waals surface area contributed by atoms with Crippen LogP contribution in [-0.2, 0) is 9.22 Å². The lowest BCUT2D eigenvalue weighted by Crippen LogP contribution is -2.51. The van der Waals surface area contributed by atoms with Crippen molar-refractivity contribution in [3.63, 3.8) is 0 Å². The molecule has 5 heteroatoms. The van der Waals surface area contributed by atoms with E-state index in [-0.39, 0.29) is 5.97 Å². The van der Waals surface area contributed by atoms with E-state index in [0.29, 0.717) is 6.04 Å². The van der Waals surface area contributed by atoms with Gasteiger partial charge in [0.05, 0.1) is 0 Å². The smallest absolute Gasteiger partial charge is 0.320 e. The van der Waals surface area contributed by atoms with Crippen LogP contribution in [0.1, 0.15) is 19.8 Å². The summed E-state index contributed by atoms with van der Waals surface area (Å²) in [6, 6.07) is 0.501. The Morgan fingerprint density at radius 2 is 1.89 bits per heavy atom. The number of rotatable bonds is 5. The molecule has 1 aliphatic rings. The van der Waals surface area contributed by atoms with Gasteiger partial charge in [0, 0.05) is 11.6 Å². The summed E-state index contributed by atoms with van der Waals surface area (Å²) >= 11 is 0. The minimum absolute atomic E-state index is 0.0757. The van der Waals surface area contributed by atoms with Gasteiger partial charge in [0.25, 0.3) is 0 Å². The van der Waals surface area contributed by atoms with E-state index in [1.807, 2.05) is 0 Å². The van der Waals surface area contributed by atoms with Crippen LogP contribution in [0.2, 0.25) is 39.3 Å². The van der Waals surface area contributed by atoms with E-state index in [1.165, 1.54) is 0 Å². The van der Waals surface area contributed by atoms with Crippen molar-refractivity contribution in [1.82, 2.24) is 4.57 Å². The second kappa shape index (κ2) is 5.93. The fraction of sp³-hybridized carbons (Fsp3) is 0.786. The van der Waals surface area contributed by atoms with Crippen molar-refractivity contribution in [2.24, 2.45) is 0 Å². The Bertz CT molecular complexity index is 367. The van der Waals surface area contributed by atoms with Crippen molar-refractivity contribution in [1.29, 1.82) is 0 Å². The van der Waals surface area contributed by atoms with Crippen molar-refractivity contribution in [2.75, 3.05) is 6.54 Å². The molecule has 0 spiro atoms. The van der Waals surface area contributed by atoms with Crippen LogP contribution in [0.3, 0.4) is 0 Å². The van der Waals surface area contributed by atoms with Crippen molar-refractivity contribution in [3.8, 4) is 0 Å². The summed E-state index contributed by atoms with van der Waals surface area (Å²) in [5.74, 6) is -0.0757. The zero-order valence-electron chi connectivity index (χ0n) is 13.5. The highest BCUT2D eigenvalue weighted by atomic mass is 28.4. The molecule has 0 saturated heterocycles. The standard InChI is InChI=1S/C14H29NO2Si2/c1-8-15(18(2,3)4)13-10-9-12(11-13)14(16)17-19(5,6)7/h9,13H,8,10-11H2,1-7H3. The number of carbonyl (C=O) groups excluding carboxylic acids is 1. The second-order valence-electron chi connectivity index (χ2n) is 7.28. The van der Waals surface area contributed by atoms with E-state index in [1.54, 1.807) is 0 Å². The van der Waals surface area contributed by atoms with E-state index < -0.39 is 16.6 Å². The fourth-order valence-corrected chi connectivity index (χ4v) is 5.65. The van der Waals surface area contributed by atoms with Gasteiger partial charge in [0.1, 0.15) is 8.24 Å². The van der Waals surface area contributed by atoms with Crippen LogP contribution in [0.4, 0.5) is 0 Å². The van der Waals surface area contributed by atoms with E-state index in [9.17, 15) is 4.79 Å². The van der Waals surface area contributed by atoms with Gasteiger partial charge in [-0.3, -0.25) is 0 Å². The summed E-state index contributed by atoms with van der Waals surface area (Å²) in [6.45, 7) is 16.6. The molecule has 1 unspecified atom stereocenters. The van der Waals surface area contributed by atoms with E-state index in [2.05, 4.69) is 56.8 Å². The lowest BCUT2D eigenvalue weighted by Gasteiger charge is -2.38. The minimum atomic E-state index is -1.78. The maximum atomic E-state index is 12.1. The SMILES string of the molecule is CCN(C1CC=C(C(=O)O[Si](C)(C)C)C1)[Si](C)(C)C. The van der Waals surface area contributed by atoms with Crippen LogP contribution in [-0.4, -0.2) is 39.7 Å². The van der Waals surface area contributed by atoms with Crippen LogP contribution in [0.15, 0.2) is 11.6 Å². The Labute approximate surface area is 120 Å². The molecule has 0 aromatic heterocycles. The molecule has 1 aliphatic carbocycles. The molecule has 1 atom stereocenters. The predicted octanol–water partition coefficient (Wildman–Crippen LogP) is 3.61. The third kappa shape index (κ3) is 4.89. The maximum absolute atomic E-state index is 12.1. The first-order chi connectivity index (χ1) is 8.54. The molecule has 0 radical (unpaired) electrons. The second-order valence-corrected chi connectivity index (χ2v) is 16.6. The summed E-state index contributed by atoms with van der Waals surface area (Å²) in [6.07, 6.45) is 3.95. The zero-order valence-corrected chi connectivity index (χ0v) is 15.5. The highest BCUT2D eigenvalue weighted by molar-refractivity contribution is 6.73. The molecule has 110 valence electrons. The van der Waals surface area contributed by atoms with Crippen molar-refractivity contribution < 1.29 is 9.22 Å². The monoisotopic (exact) mass is 299 g/mol. The van der Waals surface area contributed by atoms with Crippen molar-refractivity contribution in [3.05, 3.63) is 11.6 Å². The molecular weight excluding hydrogens is 270 g/mol. The largest absolute Gasteiger partial charge is 0.517 e. The third-order valence-electron chi connectivity index (χ3n) is 3.40. The molecular formula is C14H29NO2Si2. The van der Waals surface area contributed by atoms with Crippen LogP contribution in [0.25, 0.3) is 0 Å². The Morgan fingerprint density at radius 1 is 1.32 bits per heavy atom. The molecule has 0 aliphatic heterocycles. The molecule has 19 heavy (non-hydrogen) atoms. The molecule has 3 nitrogen and oxygen atoms in total. The molecule has 0 amide bonds. The van der Waals surface area contributed by atoms with Crippen LogP contribution in [0, 0.1) is 0 Å². The maximum Gasteiger partial charge on any atom is 0.320 e. The summed E-state index contributed by atoms with van der Waals surface area (Å²) in [5.41, 5.74) is 0.893. The molecule has 0 heterocycles. The predicted molar refractivity (Wildman–Crippen MR) is 86.3 cm³/mol. The van der Waals surface area contributed by atoms with E-state index in [0.717, 1.165) is 25.0 Å². The molecule has 0 N–H and O–H groups in total. The van der Waals surface area contributed by atoms with Gasteiger partial charge in [-0.15, -0.1) is 0 Å². The Balaban J connectivity index is 2.64. The summed E-state index contributed by atoms with van der Waals surface area (Å²) in [4.78, 5) is 12.1. The third-order valence-corrected chi connectivity index (χ3v) is 6.60. The zero-order chi connectivity index (χ0) is 14.8. The first kappa shape index (κ1) is 16.7. The Hall–Kier alpha value is -0.396. The lowest BCUT2D eigenvalue weighted by molar-refractivity contribution is -0.131. The minimum Gasteiger partial charge on any atom is -0.517 e. The average molecular weight is 300 g/mol. The number of hydrogen-bond donors (Lipinski definition) is 0. The van der Waals surface area contributed by atoms with Gasteiger partial charge in [-0.1, -0.05) is 32.6 Å². The summed E-state index contributed by atoms with van der Waals surface area (Å²) in [5, 5.41) is 0. The van der Waals surface area contributed by atoms with Gasteiger partial charge in [0.2, 0.25) is 8.32 Å².